The maximum absolute atomic E-state index is 13.1. The third kappa shape index (κ3) is 5.77. The molecule has 0 saturated carbocycles. The van der Waals surface area contributed by atoms with Gasteiger partial charge in [0.15, 0.2) is 17.7 Å². The van der Waals surface area contributed by atoms with Crippen LogP contribution in [0.5, 0.6) is 0 Å². The zero-order valence-electron chi connectivity index (χ0n) is 20.0. The summed E-state index contributed by atoms with van der Waals surface area (Å²) in [7, 11) is 0. The molecule has 4 rings (SSSR count). The second-order valence-corrected chi connectivity index (χ2v) is 9.44. The monoisotopic (exact) mass is 532 g/mol. The molecule has 14 heteroatoms. The van der Waals surface area contributed by atoms with Crippen molar-refractivity contribution in [1.29, 1.82) is 0 Å². The number of nitrogens with two attached hydrogens (primary N) is 1. The Bertz CT molecular complexity index is 1230. The number of hydrogen-bond acceptors (Lipinski definition) is 11. The average Bonchev–Trinajstić information content (AvgIpc) is 3.44. The zero-order valence-corrected chi connectivity index (χ0v) is 20.8. The number of rotatable bonds is 10. The van der Waals surface area contributed by atoms with Crippen molar-refractivity contribution in [2.45, 2.75) is 43.6 Å². The molecule has 198 valence electrons. The van der Waals surface area contributed by atoms with Gasteiger partial charge in [-0.3, -0.25) is 9.47 Å². The highest BCUT2D eigenvalue weighted by molar-refractivity contribution is 7.98. The zero-order chi connectivity index (χ0) is 26.5. The lowest BCUT2D eigenvalue weighted by atomic mass is 10.1. The van der Waals surface area contributed by atoms with Crippen LogP contribution in [-0.4, -0.2) is 94.7 Å². The minimum atomic E-state index is -1.44. The highest BCUT2D eigenvalue weighted by Gasteiger charge is 2.47. The maximum atomic E-state index is 13.1. The van der Waals surface area contributed by atoms with E-state index in [4.69, 9.17) is 15.2 Å². The number of carbonyl (C=O) groups excluding carboxylic acids is 1. The first-order valence-electron chi connectivity index (χ1n) is 11.5. The number of carboxylic acid groups (broad SMARTS) is 1. The SMILES string of the molecule is CSCC[C@@H](C(=O)O)N(C[C@H]1O[C@@H](n2cnc3c(N)ncnc32)[C@H](O)[C@@H]1O)C(=O)OCc1ccccc1. The van der Waals surface area contributed by atoms with E-state index in [1.165, 1.54) is 29.0 Å². The fraction of sp³-hybridized carbons (Fsp3) is 0.435. The van der Waals surface area contributed by atoms with Crippen LogP contribution in [0.1, 0.15) is 18.2 Å². The van der Waals surface area contributed by atoms with Crippen LogP contribution in [0.2, 0.25) is 0 Å². The van der Waals surface area contributed by atoms with Crippen molar-refractivity contribution < 1.29 is 34.4 Å². The largest absolute Gasteiger partial charge is 0.480 e. The summed E-state index contributed by atoms with van der Waals surface area (Å²) < 4.78 is 12.7. The van der Waals surface area contributed by atoms with Gasteiger partial charge in [0.2, 0.25) is 0 Å². The number of nitrogens with zero attached hydrogens (tertiary/aromatic N) is 5. The molecule has 5 atom stereocenters. The summed E-state index contributed by atoms with van der Waals surface area (Å²) in [4.78, 5) is 38.4. The molecule has 3 aromatic rings. The van der Waals surface area contributed by atoms with Crippen molar-refractivity contribution in [3.63, 3.8) is 0 Å². The number of aliphatic hydroxyl groups excluding tert-OH is 2. The number of aliphatic carboxylic acids is 1. The highest BCUT2D eigenvalue weighted by atomic mass is 32.2. The molecule has 1 aromatic carbocycles. The summed E-state index contributed by atoms with van der Waals surface area (Å²) in [6, 6.07) is 7.73. The summed E-state index contributed by atoms with van der Waals surface area (Å²) in [5.41, 5.74) is 7.14. The van der Waals surface area contributed by atoms with E-state index in [0.717, 1.165) is 10.5 Å². The average molecular weight is 533 g/mol. The van der Waals surface area contributed by atoms with E-state index >= 15 is 0 Å². The van der Waals surface area contributed by atoms with E-state index in [-0.39, 0.29) is 31.0 Å². The van der Waals surface area contributed by atoms with E-state index in [2.05, 4.69) is 15.0 Å². The lowest BCUT2D eigenvalue weighted by Crippen LogP contribution is -2.51. The van der Waals surface area contributed by atoms with Gasteiger partial charge in [0.25, 0.3) is 0 Å². The van der Waals surface area contributed by atoms with Gasteiger partial charge in [-0.1, -0.05) is 30.3 Å². The highest BCUT2D eigenvalue weighted by Crippen LogP contribution is 2.33. The molecule has 5 N–H and O–H groups in total. The molecule has 1 aliphatic rings. The number of nitrogen functional groups attached to an aromatic ring is 1. The maximum Gasteiger partial charge on any atom is 0.410 e. The fourth-order valence-corrected chi connectivity index (χ4v) is 4.59. The van der Waals surface area contributed by atoms with Crippen LogP contribution in [0.15, 0.2) is 43.0 Å². The molecule has 1 saturated heterocycles. The Balaban J connectivity index is 1.56. The van der Waals surface area contributed by atoms with Gasteiger partial charge in [-0.05, 0) is 24.0 Å². The number of benzene rings is 1. The molecule has 0 spiro atoms. The van der Waals surface area contributed by atoms with Crippen molar-refractivity contribution in [1.82, 2.24) is 24.4 Å². The third-order valence-electron chi connectivity index (χ3n) is 6.07. The van der Waals surface area contributed by atoms with Crippen LogP contribution in [0.3, 0.4) is 0 Å². The number of ether oxygens (including phenoxy) is 2. The Labute approximate surface area is 216 Å². The number of thioether (sulfide) groups is 1. The van der Waals surface area contributed by atoms with Crippen LogP contribution < -0.4 is 5.73 Å². The molecule has 13 nitrogen and oxygen atoms in total. The molecule has 1 amide bonds. The summed E-state index contributed by atoms with van der Waals surface area (Å²) in [5.74, 6) is -0.609. The van der Waals surface area contributed by atoms with Crippen LogP contribution >= 0.6 is 11.8 Å². The van der Waals surface area contributed by atoms with Gasteiger partial charge in [-0.15, -0.1) is 0 Å². The van der Waals surface area contributed by atoms with Gasteiger partial charge in [0.1, 0.15) is 42.8 Å². The Hall–Kier alpha value is -3.46. The summed E-state index contributed by atoms with van der Waals surface area (Å²) >= 11 is 1.44. The number of aliphatic hydroxyl groups is 2. The van der Waals surface area contributed by atoms with Crippen LogP contribution in [0.4, 0.5) is 10.6 Å². The van der Waals surface area contributed by atoms with Gasteiger partial charge in [-0.2, -0.15) is 11.8 Å². The van der Waals surface area contributed by atoms with Gasteiger partial charge in [-0.25, -0.2) is 24.5 Å². The molecule has 1 aliphatic heterocycles. The minimum Gasteiger partial charge on any atom is -0.480 e. The number of aromatic nitrogens is 4. The summed E-state index contributed by atoms with van der Waals surface area (Å²) in [5, 5.41) is 31.5. The number of hydrogen-bond donors (Lipinski definition) is 4. The van der Waals surface area contributed by atoms with Crippen molar-refractivity contribution >= 4 is 40.8 Å². The van der Waals surface area contributed by atoms with Crippen molar-refractivity contribution in [3.05, 3.63) is 48.5 Å². The molecular weight excluding hydrogens is 504 g/mol. The fourth-order valence-electron chi connectivity index (χ4n) is 4.13. The van der Waals surface area contributed by atoms with Crippen molar-refractivity contribution in [3.8, 4) is 0 Å². The number of fused-ring (bicyclic) bond motifs is 1. The normalized spacial score (nSPS) is 22.1. The number of carbonyl (C=O) groups is 2. The van der Waals surface area contributed by atoms with E-state index in [0.29, 0.717) is 11.3 Å². The van der Waals surface area contributed by atoms with E-state index < -0.39 is 42.6 Å². The van der Waals surface area contributed by atoms with Gasteiger partial charge >= 0.3 is 12.1 Å². The molecule has 37 heavy (non-hydrogen) atoms. The van der Waals surface area contributed by atoms with E-state index in [9.17, 15) is 24.9 Å². The summed E-state index contributed by atoms with van der Waals surface area (Å²) in [6.07, 6.45) is -1.42. The smallest absolute Gasteiger partial charge is 0.410 e. The molecule has 0 unspecified atom stereocenters. The lowest BCUT2D eigenvalue weighted by molar-refractivity contribution is -0.144. The molecule has 0 aliphatic carbocycles. The lowest BCUT2D eigenvalue weighted by Gasteiger charge is -2.31. The predicted molar refractivity (Wildman–Crippen MR) is 133 cm³/mol. The van der Waals surface area contributed by atoms with Gasteiger partial charge < -0.3 is 30.5 Å². The number of anilines is 1. The van der Waals surface area contributed by atoms with Crippen LogP contribution in [0.25, 0.3) is 11.2 Å². The van der Waals surface area contributed by atoms with Crippen molar-refractivity contribution in [2.24, 2.45) is 0 Å². The molecular formula is C23H28N6O7S. The molecule has 0 radical (unpaired) electrons. The van der Waals surface area contributed by atoms with Gasteiger partial charge in [0.05, 0.1) is 12.9 Å². The molecule has 3 heterocycles. The first-order chi connectivity index (χ1) is 17.8. The molecule has 1 fully saturated rings. The second-order valence-electron chi connectivity index (χ2n) is 8.46. The quantitative estimate of drug-likeness (QED) is 0.289. The Kier molecular flexibility index (Phi) is 8.43. The third-order valence-corrected chi connectivity index (χ3v) is 6.72. The minimum absolute atomic E-state index is 0.0630. The Morgan fingerprint density at radius 3 is 2.68 bits per heavy atom. The van der Waals surface area contributed by atoms with E-state index in [1.54, 1.807) is 24.3 Å². The Morgan fingerprint density at radius 2 is 1.97 bits per heavy atom. The molecule has 2 aromatic heterocycles. The number of amides is 1. The Morgan fingerprint density at radius 1 is 1.22 bits per heavy atom. The predicted octanol–water partition coefficient (Wildman–Crippen LogP) is 0.873. The number of imidazole rings is 1. The van der Waals surface area contributed by atoms with E-state index in [1.807, 2.05) is 12.3 Å². The molecule has 0 bridgehead atoms. The van der Waals surface area contributed by atoms with Crippen molar-refractivity contribution in [2.75, 3.05) is 24.3 Å². The summed E-state index contributed by atoms with van der Waals surface area (Å²) in [6.45, 7) is -0.399. The first kappa shape index (κ1) is 26.6. The van der Waals surface area contributed by atoms with Crippen LogP contribution in [0, 0.1) is 0 Å². The standard InChI is InChI=1S/C23H28N6O7S/c1-37-8-7-14(22(32)33)28(23(34)35-10-13-5-3-2-4-6-13)9-15-17(30)18(31)21(36-15)29-12-27-16-19(24)25-11-26-20(16)29/h2-6,11-12,14-15,17-18,21,30-31H,7-10H2,1H3,(H,32,33)(H2,24,25,26)/t14-,15+,17+,18+,21+/m0/s1. The second kappa shape index (κ2) is 11.7. The van der Waals surface area contributed by atoms with Crippen LogP contribution in [-0.2, 0) is 20.9 Å². The topological polar surface area (TPSA) is 186 Å². The number of carboxylic acids is 1. The first-order valence-corrected chi connectivity index (χ1v) is 12.8. The van der Waals surface area contributed by atoms with Gasteiger partial charge in [0, 0.05) is 0 Å².